The molecule has 0 bridgehead atoms. The van der Waals surface area contributed by atoms with Crippen LogP contribution in [-0.2, 0) is 6.54 Å². The van der Waals surface area contributed by atoms with Crippen LogP contribution in [0, 0.1) is 5.82 Å². The predicted molar refractivity (Wildman–Crippen MR) is 71.3 cm³/mol. The SMILES string of the molecule is Fc1ccc(CNc2ccc3c(c2)OCO3)c(Cl)c1. The number of rotatable bonds is 3. The van der Waals surface area contributed by atoms with Crippen LogP contribution in [-0.4, -0.2) is 6.79 Å². The van der Waals surface area contributed by atoms with Gasteiger partial charge in [-0.25, -0.2) is 4.39 Å². The molecule has 0 unspecified atom stereocenters. The van der Waals surface area contributed by atoms with Crippen molar-refractivity contribution in [3.8, 4) is 11.5 Å². The van der Waals surface area contributed by atoms with Crippen LogP contribution < -0.4 is 14.8 Å². The van der Waals surface area contributed by atoms with Gasteiger partial charge in [0.1, 0.15) is 5.82 Å². The third-order valence-electron chi connectivity index (χ3n) is 2.87. The Morgan fingerprint density at radius 3 is 2.79 bits per heavy atom. The molecule has 19 heavy (non-hydrogen) atoms. The number of hydrogen-bond donors (Lipinski definition) is 1. The summed E-state index contributed by atoms with van der Waals surface area (Å²) in [6.45, 7) is 0.765. The second-order valence-electron chi connectivity index (χ2n) is 4.16. The smallest absolute Gasteiger partial charge is 0.231 e. The minimum absolute atomic E-state index is 0.253. The molecule has 3 rings (SSSR count). The zero-order valence-electron chi connectivity index (χ0n) is 9.95. The highest BCUT2D eigenvalue weighted by atomic mass is 35.5. The third-order valence-corrected chi connectivity index (χ3v) is 3.22. The molecule has 0 aliphatic carbocycles. The average molecular weight is 280 g/mol. The van der Waals surface area contributed by atoms with Crippen LogP contribution in [0.4, 0.5) is 10.1 Å². The standard InChI is InChI=1S/C14H11ClFNO2/c15-12-5-10(16)2-1-9(12)7-17-11-3-4-13-14(6-11)19-8-18-13/h1-6,17H,7-8H2. The average Bonchev–Trinajstić information content (AvgIpc) is 2.85. The van der Waals surface area contributed by atoms with E-state index in [1.807, 2.05) is 18.2 Å². The quantitative estimate of drug-likeness (QED) is 0.926. The lowest BCUT2D eigenvalue weighted by atomic mass is 10.2. The molecule has 1 aliphatic heterocycles. The van der Waals surface area contributed by atoms with Crippen molar-refractivity contribution in [2.45, 2.75) is 6.54 Å². The molecule has 0 fully saturated rings. The summed E-state index contributed by atoms with van der Waals surface area (Å²) in [5.74, 6) is 1.12. The van der Waals surface area contributed by atoms with E-state index in [2.05, 4.69) is 5.32 Å². The van der Waals surface area contributed by atoms with E-state index in [0.29, 0.717) is 11.6 Å². The van der Waals surface area contributed by atoms with E-state index < -0.39 is 0 Å². The van der Waals surface area contributed by atoms with E-state index in [4.69, 9.17) is 21.1 Å². The first kappa shape index (κ1) is 12.1. The van der Waals surface area contributed by atoms with Gasteiger partial charge in [-0.2, -0.15) is 0 Å². The maximum atomic E-state index is 12.9. The summed E-state index contributed by atoms with van der Waals surface area (Å²) in [5, 5.41) is 3.62. The zero-order valence-corrected chi connectivity index (χ0v) is 10.7. The lowest BCUT2D eigenvalue weighted by Crippen LogP contribution is -2.00. The number of fused-ring (bicyclic) bond motifs is 1. The van der Waals surface area contributed by atoms with E-state index in [1.165, 1.54) is 12.1 Å². The fourth-order valence-electron chi connectivity index (χ4n) is 1.87. The van der Waals surface area contributed by atoms with Crippen LogP contribution in [0.2, 0.25) is 5.02 Å². The van der Waals surface area contributed by atoms with Crippen LogP contribution in [0.25, 0.3) is 0 Å². The summed E-state index contributed by atoms with van der Waals surface area (Å²) in [4.78, 5) is 0. The first-order valence-electron chi connectivity index (χ1n) is 5.80. The third kappa shape index (κ3) is 2.58. The lowest BCUT2D eigenvalue weighted by Gasteiger charge is -2.08. The van der Waals surface area contributed by atoms with Crippen molar-refractivity contribution < 1.29 is 13.9 Å². The molecule has 5 heteroatoms. The summed E-state index contributed by atoms with van der Waals surface area (Å²) in [6, 6.07) is 9.96. The highest BCUT2D eigenvalue weighted by Gasteiger charge is 2.13. The molecular formula is C14H11ClFNO2. The van der Waals surface area contributed by atoms with Gasteiger partial charge in [-0.3, -0.25) is 0 Å². The molecule has 2 aromatic carbocycles. The van der Waals surface area contributed by atoms with Gasteiger partial charge >= 0.3 is 0 Å². The molecule has 1 aliphatic rings. The number of halogens is 2. The number of anilines is 1. The molecule has 1 heterocycles. The van der Waals surface area contributed by atoms with Crippen molar-refractivity contribution in [2.24, 2.45) is 0 Å². The summed E-state index contributed by atoms with van der Waals surface area (Å²) in [7, 11) is 0. The Balaban J connectivity index is 1.72. The molecule has 0 radical (unpaired) electrons. The molecule has 0 atom stereocenters. The van der Waals surface area contributed by atoms with E-state index in [-0.39, 0.29) is 12.6 Å². The molecule has 0 aromatic heterocycles. The number of benzene rings is 2. The number of hydrogen-bond acceptors (Lipinski definition) is 3. The van der Waals surface area contributed by atoms with Crippen molar-refractivity contribution in [3.63, 3.8) is 0 Å². The maximum Gasteiger partial charge on any atom is 0.231 e. The second-order valence-corrected chi connectivity index (χ2v) is 4.56. The van der Waals surface area contributed by atoms with Gasteiger partial charge in [0, 0.05) is 23.3 Å². The van der Waals surface area contributed by atoms with Gasteiger partial charge in [0.25, 0.3) is 0 Å². The first-order chi connectivity index (χ1) is 9.22. The van der Waals surface area contributed by atoms with Crippen molar-refractivity contribution >= 4 is 17.3 Å². The van der Waals surface area contributed by atoms with Crippen molar-refractivity contribution in [2.75, 3.05) is 12.1 Å². The normalized spacial score (nSPS) is 12.5. The molecule has 0 amide bonds. The van der Waals surface area contributed by atoms with Gasteiger partial charge in [-0.1, -0.05) is 17.7 Å². The van der Waals surface area contributed by atoms with Gasteiger partial charge in [0.15, 0.2) is 11.5 Å². The largest absolute Gasteiger partial charge is 0.454 e. The van der Waals surface area contributed by atoms with Gasteiger partial charge in [0.2, 0.25) is 6.79 Å². The number of ether oxygens (including phenoxy) is 2. The van der Waals surface area contributed by atoms with E-state index in [1.54, 1.807) is 6.07 Å². The van der Waals surface area contributed by atoms with Crippen molar-refractivity contribution in [1.82, 2.24) is 0 Å². The Bertz CT molecular complexity index is 618. The lowest BCUT2D eigenvalue weighted by molar-refractivity contribution is 0.174. The highest BCUT2D eigenvalue weighted by molar-refractivity contribution is 6.31. The Labute approximate surface area is 114 Å². The van der Waals surface area contributed by atoms with Crippen LogP contribution in [0.3, 0.4) is 0 Å². The molecule has 0 saturated carbocycles. The van der Waals surface area contributed by atoms with Crippen LogP contribution >= 0.6 is 11.6 Å². The van der Waals surface area contributed by atoms with Gasteiger partial charge in [0.05, 0.1) is 0 Å². The monoisotopic (exact) mass is 279 g/mol. The van der Waals surface area contributed by atoms with E-state index in [0.717, 1.165) is 22.7 Å². The maximum absolute atomic E-state index is 12.9. The van der Waals surface area contributed by atoms with Gasteiger partial charge in [-0.05, 0) is 29.8 Å². The molecule has 0 spiro atoms. The van der Waals surface area contributed by atoms with E-state index in [9.17, 15) is 4.39 Å². The highest BCUT2D eigenvalue weighted by Crippen LogP contribution is 2.34. The summed E-state index contributed by atoms with van der Waals surface area (Å²) in [6.07, 6.45) is 0. The fourth-order valence-corrected chi connectivity index (χ4v) is 2.10. The Morgan fingerprint density at radius 2 is 1.95 bits per heavy atom. The second kappa shape index (κ2) is 4.97. The molecular weight excluding hydrogens is 269 g/mol. The molecule has 1 N–H and O–H groups in total. The van der Waals surface area contributed by atoms with Crippen LogP contribution in [0.1, 0.15) is 5.56 Å². The Kier molecular flexibility index (Phi) is 3.17. The Hall–Kier alpha value is -1.94. The zero-order chi connectivity index (χ0) is 13.2. The van der Waals surface area contributed by atoms with E-state index >= 15 is 0 Å². The first-order valence-corrected chi connectivity index (χ1v) is 6.17. The number of nitrogens with one attached hydrogen (secondary N) is 1. The van der Waals surface area contributed by atoms with Crippen molar-refractivity contribution in [3.05, 3.63) is 52.8 Å². The minimum atomic E-state index is -0.336. The molecule has 3 nitrogen and oxygen atoms in total. The summed E-state index contributed by atoms with van der Waals surface area (Å²) >= 11 is 5.96. The van der Waals surface area contributed by atoms with Crippen LogP contribution in [0.5, 0.6) is 11.5 Å². The molecule has 98 valence electrons. The summed E-state index contributed by atoms with van der Waals surface area (Å²) < 4.78 is 23.5. The summed E-state index contributed by atoms with van der Waals surface area (Å²) in [5.41, 5.74) is 1.73. The molecule has 0 saturated heterocycles. The van der Waals surface area contributed by atoms with Crippen molar-refractivity contribution in [1.29, 1.82) is 0 Å². The van der Waals surface area contributed by atoms with Crippen LogP contribution in [0.15, 0.2) is 36.4 Å². The Morgan fingerprint density at radius 1 is 1.11 bits per heavy atom. The molecule has 2 aromatic rings. The van der Waals surface area contributed by atoms with Gasteiger partial charge in [-0.15, -0.1) is 0 Å². The predicted octanol–water partition coefficient (Wildman–Crippen LogP) is 3.82. The van der Waals surface area contributed by atoms with Gasteiger partial charge < -0.3 is 14.8 Å². The minimum Gasteiger partial charge on any atom is -0.454 e. The fraction of sp³-hybridized carbons (Fsp3) is 0.143. The topological polar surface area (TPSA) is 30.5 Å².